The summed E-state index contributed by atoms with van der Waals surface area (Å²) in [5.74, 6) is 0.500. The predicted octanol–water partition coefficient (Wildman–Crippen LogP) is 1.07. The van der Waals surface area contributed by atoms with Gasteiger partial charge in [-0.15, -0.1) is 0 Å². The summed E-state index contributed by atoms with van der Waals surface area (Å²) < 4.78 is 1.34. The number of hydrogen-bond acceptors (Lipinski definition) is 5. The Labute approximate surface area is 90.7 Å². The minimum atomic E-state index is -0.506. The fraction of sp³-hybridized carbons (Fsp3) is 0.111. The molecule has 0 aliphatic heterocycles. The van der Waals surface area contributed by atoms with Crippen molar-refractivity contribution in [2.75, 3.05) is 5.73 Å². The number of rotatable bonds is 2. The van der Waals surface area contributed by atoms with Gasteiger partial charge in [-0.2, -0.15) is 5.10 Å². The molecular weight excluding hydrogens is 210 g/mol. The maximum absolute atomic E-state index is 10.5. The quantitative estimate of drug-likeness (QED) is 0.601. The van der Waals surface area contributed by atoms with Gasteiger partial charge in [0.15, 0.2) is 5.82 Å². The molecule has 0 aliphatic rings. The fourth-order valence-electron chi connectivity index (χ4n) is 1.22. The number of anilines is 1. The molecule has 82 valence electrons. The zero-order valence-corrected chi connectivity index (χ0v) is 8.49. The molecule has 2 aromatic heterocycles. The van der Waals surface area contributed by atoms with Crippen LogP contribution in [0.15, 0.2) is 24.5 Å². The third kappa shape index (κ3) is 1.70. The van der Waals surface area contributed by atoms with Crippen molar-refractivity contribution in [3.63, 3.8) is 0 Å². The Kier molecular flexibility index (Phi) is 2.28. The van der Waals surface area contributed by atoms with Gasteiger partial charge in [0.2, 0.25) is 0 Å². The molecule has 0 bridgehead atoms. The molecule has 0 saturated heterocycles. The standard InChI is InChI=1S/C9H9N5O2/c1-6-8(10)2-3-9(12-6)13-5-7(4-11-13)14(15)16/h2-5H,10H2,1H3. The number of nitrogens with two attached hydrogens (primary N) is 1. The summed E-state index contributed by atoms with van der Waals surface area (Å²) in [7, 11) is 0. The molecule has 0 unspecified atom stereocenters. The number of pyridine rings is 1. The van der Waals surface area contributed by atoms with Gasteiger partial charge in [0.05, 0.1) is 16.3 Å². The van der Waals surface area contributed by atoms with Crippen LogP contribution in [0.5, 0.6) is 0 Å². The van der Waals surface area contributed by atoms with Crippen molar-refractivity contribution in [3.05, 3.63) is 40.3 Å². The van der Waals surface area contributed by atoms with E-state index in [0.717, 1.165) is 0 Å². The molecule has 0 atom stereocenters. The van der Waals surface area contributed by atoms with E-state index < -0.39 is 4.92 Å². The number of nitrogen functional groups attached to an aromatic ring is 1. The van der Waals surface area contributed by atoms with E-state index in [1.807, 2.05) is 0 Å². The number of aromatic nitrogens is 3. The Morgan fingerprint density at radius 2 is 2.25 bits per heavy atom. The smallest absolute Gasteiger partial charge is 0.307 e. The molecule has 0 aromatic carbocycles. The molecule has 0 fully saturated rings. The molecule has 2 heterocycles. The maximum Gasteiger partial charge on any atom is 0.307 e. The van der Waals surface area contributed by atoms with Crippen LogP contribution >= 0.6 is 0 Å². The largest absolute Gasteiger partial charge is 0.397 e. The van der Waals surface area contributed by atoms with E-state index in [2.05, 4.69) is 10.1 Å². The van der Waals surface area contributed by atoms with Crippen molar-refractivity contribution in [1.29, 1.82) is 0 Å². The highest BCUT2D eigenvalue weighted by Gasteiger charge is 2.10. The number of nitrogens with zero attached hydrogens (tertiary/aromatic N) is 4. The van der Waals surface area contributed by atoms with Gasteiger partial charge in [-0.05, 0) is 19.1 Å². The van der Waals surface area contributed by atoms with Crippen molar-refractivity contribution < 1.29 is 4.92 Å². The highest BCUT2D eigenvalue weighted by atomic mass is 16.6. The van der Waals surface area contributed by atoms with E-state index in [1.165, 1.54) is 17.1 Å². The van der Waals surface area contributed by atoms with E-state index in [0.29, 0.717) is 17.2 Å². The summed E-state index contributed by atoms with van der Waals surface area (Å²) in [6, 6.07) is 3.34. The molecule has 2 aromatic rings. The van der Waals surface area contributed by atoms with E-state index in [-0.39, 0.29) is 5.69 Å². The van der Waals surface area contributed by atoms with E-state index in [4.69, 9.17) is 5.73 Å². The lowest BCUT2D eigenvalue weighted by atomic mass is 10.3. The van der Waals surface area contributed by atoms with Crippen molar-refractivity contribution >= 4 is 11.4 Å². The third-order valence-electron chi connectivity index (χ3n) is 2.13. The van der Waals surface area contributed by atoms with Gasteiger partial charge < -0.3 is 5.73 Å². The molecule has 0 spiro atoms. The van der Waals surface area contributed by atoms with Crippen LogP contribution in [0.3, 0.4) is 0 Å². The minimum Gasteiger partial charge on any atom is -0.397 e. The van der Waals surface area contributed by atoms with Gasteiger partial charge in [-0.1, -0.05) is 0 Å². The Balaban J connectivity index is 2.42. The number of nitro groups is 1. The maximum atomic E-state index is 10.5. The predicted molar refractivity (Wildman–Crippen MR) is 57.2 cm³/mol. The Bertz CT molecular complexity index is 549. The molecule has 16 heavy (non-hydrogen) atoms. The summed E-state index contributed by atoms with van der Waals surface area (Å²) in [4.78, 5) is 14.1. The van der Waals surface area contributed by atoms with E-state index in [1.54, 1.807) is 19.1 Å². The van der Waals surface area contributed by atoms with Crippen LogP contribution in [0.1, 0.15) is 5.69 Å². The van der Waals surface area contributed by atoms with Crippen LogP contribution in [0, 0.1) is 17.0 Å². The highest BCUT2D eigenvalue weighted by molar-refractivity contribution is 5.45. The van der Waals surface area contributed by atoms with Crippen molar-refractivity contribution in [2.24, 2.45) is 0 Å². The summed E-state index contributed by atoms with van der Waals surface area (Å²) in [5.41, 5.74) is 6.78. The summed E-state index contributed by atoms with van der Waals surface area (Å²) in [6.45, 7) is 1.76. The van der Waals surface area contributed by atoms with Gasteiger partial charge in [0.25, 0.3) is 0 Å². The van der Waals surface area contributed by atoms with Crippen molar-refractivity contribution in [2.45, 2.75) is 6.92 Å². The minimum absolute atomic E-state index is 0.0729. The monoisotopic (exact) mass is 219 g/mol. The van der Waals surface area contributed by atoms with E-state index >= 15 is 0 Å². The topological polar surface area (TPSA) is 99.9 Å². The second-order valence-corrected chi connectivity index (χ2v) is 3.24. The highest BCUT2D eigenvalue weighted by Crippen LogP contribution is 2.14. The molecule has 0 amide bonds. The molecule has 0 radical (unpaired) electrons. The Hall–Kier alpha value is -2.44. The normalized spacial score (nSPS) is 10.3. The Morgan fingerprint density at radius 3 is 2.81 bits per heavy atom. The average molecular weight is 219 g/mol. The zero-order valence-electron chi connectivity index (χ0n) is 8.49. The fourth-order valence-corrected chi connectivity index (χ4v) is 1.22. The van der Waals surface area contributed by atoms with Crippen LogP contribution in [0.2, 0.25) is 0 Å². The number of aryl methyl sites for hydroxylation is 1. The SMILES string of the molecule is Cc1nc(-n2cc([N+](=O)[O-])cn2)ccc1N. The van der Waals surface area contributed by atoms with Gasteiger partial charge in [0.1, 0.15) is 12.4 Å². The molecule has 7 nitrogen and oxygen atoms in total. The Morgan fingerprint density at radius 1 is 1.50 bits per heavy atom. The first-order valence-electron chi connectivity index (χ1n) is 4.50. The molecule has 2 N–H and O–H groups in total. The summed E-state index contributed by atoms with van der Waals surface area (Å²) >= 11 is 0. The molecule has 0 saturated carbocycles. The second kappa shape index (κ2) is 3.61. The van der Waals surface area contributed by atoms with Crippen LogP contribution < -0.4 is 5.73 Å². The van der Waals surface area contributed by atoms with Crippen LogP contribution in [-0.2, 0) is 0 Å². The van der Waals surface area contributed by atoms with Crippen LogP contribution in [0.25, 0.3) is 5.82 Å². The van der Waals surface area contributed by atoms with Gasteiger partial charge in [-0.3, -0.25) is 10.1 Å². The average Bonchev–Trinajstić information content (AvgIpc) is 2.71. The lowest BCUT2D eigenvalue weighted by molar-refractivity contribution is -0.384. The molecule has 0 aliphatic carbocycles. The van der Waals surface area contributed by atoms with Gasteiger partial charge in [-0.25, -0.2) is 9.67 Å². The van der Waals surface area contributed by atoms with E-state index in [9.17, 15) is 10.1 Å². The first-order valence-corrected chi connectivity index (χ1v) is 4.50. The second-order valence-electron chi connectivity index (χ2n) is 3.24. The summed E-state index contributed by atoms with van der Waals surface area (Å²) in [5, 5.41) is 14.3. The lowest BCUT2D eigenvalue weighted by Crippen LogP contribution is -2.01. The first-order chi connectivity index (χ1) is 7.58. The van der Waals surface area contributed by atoms with Crippen molar-refractivity contribution in [3.8, 4) is 5.82 Å². The van der Waals surface area contributed by atoms with Gasteiger partial charge in [0, 0.05) is 0 Å². The first kappa shape index (κ1) is 10.1. The summed E-state index contributed by atoms with van der Waals surface area (Å²) in [6.07, 6.45) is 2.48. The van der Waals surface area contributed by atoms with Crippen molar-refractivity contribution in [1.82, 2.24) is 14.8 Å². The third-order valence-corrected chi connectivity index (χ3v) is 2.13. The molecule has 2 rings (SSSR count). The zero-order chi connectivity index (χ0) is 11.7. The molecular formula is C9H9N5O2. The van der Waals surface area contributed by atoms with Crippen LogP contribution in [0.4, 0.5) is 11.4 Å². The number of hydrogen-bond donors (Lipinski definition) is 1. The van der Waals surface area contributed by atoms with Gasteiger partial charge >= 0.3 is 5.69 Å². The van der Waals surface area contributed by atoms with Crippen LogP contribution in [-0.4, -0.2) is 19.7 Å². The molecule has 7 heteroatoms. The lowest BCUT2D eigenvalue weighted by Gasteiger charge is -2.02.